The maximum absolute atomic E-state index is 12.7. The summed E-state index contributed by atoms with van der Waals surface area (Å²) in [5.41, 5.74) is 9.91. The fourth-order valence-corrected chi connectivity index (χ4v) is 4.56. The average molecular weight is 486 g/mol. The van der Waals surface area contributed by atoms with Gasteiger partial charge in [-0.3, -0.25) is 14.0 Å². The van der Waals surface area contributed by atoms with Crippen LogP contribution < -0.4 is 16.0 Å². The van der Waals surface area contributed by atoms with Gasteiger partial charge in [-0.2, -0.15) is 0 Å². The van der Waals surface area contributed by atoms with Crippen molar-refractivity contribution in [1.29, 1.82) is 0 Å². The fraction of sp³-hybridized carbons (Fsp3) is 0.269. The Hall–Kier alpha value is -4.47. The lowest BCUT2D eigenvalue weighted by molar-refractivity contribution is -0.145. The molecule has 1 saturated heterocycles. The normalized spacial score (nSPS) is 15.6. The maximum atomic E-state index is 12.7. The van der Waals surface area contributed by atoms with Crippen LogP contribution in [0.15, 0.2) is 55.0 Å². The SMILES string of the molecule is COC(=O)C1CCCN(c2nc(-c3ccc(C(=O)Nc4cc(C)ccn4)cc3)c3c(N)nccn23)C1. The van der Waals surface area contributed by atoms with Crippen molar-refractivity contribution >= 4 is 35.0 Å². The highest BCUT2D eigenvalue weighted by atomic mass is 16.5. The summed E-state index contributed by atoms with van der Waals surface area (Å²) in [6, 6.07) is 10.8. The van der Waals surface area contributed by atoms with Gasteiger partial charge in [-0.25, -0.2) is 15.0 Å². The number of fused-ring (bicyclic) bond motifs is 1. The molecule has 4 heterocycles. The van der Waals surface area contributed by atoms with Gasteiger partial charge in [0.1, 0.15) is 22.8 Å². The lowest BCUT2D eigenvalue weighted by atomic mass is 9.98. The number of anilines is 3. The number of nitrogens with zero attached hydrogens (tertiary/aromatic N) is 5. The Balaban J connectivity index is 1.46. The molecule has 1 atom stereocenters. The van der Waals surface area contributed by atoms with Crippen molar-refractivity contribution in [2.24, 2.45) is 5.92 Å². The van der Waals surface area contributed by atoms with Crippen LogP contribution in [0.2, 0.25) is 0 Å². The van der Waals surface area contributed by atoms with E-state index >= 15 is 0 Å². The highest BCUT2D eigenvalue weighted by Crippen LogP contribution is 2.33. The number of esters is 1. The van der Waals surface area contributed by atoms with E-state index in [9.17, 15) is 9.59 Å². The molecule has 1 fully saturated rings. The highest BCUT2D eigenvalue weighted by molar-refractivity contribution is 6.04. The van der Waals surface area contributed by atoms with Crippen LogP contribution in [-0.4, -0.2) is 51.4 Å². The fourth-order valence-electron chi connectivity index (χ4n) is 4.56. The minimum Gasteiger partial charge on any atom is -0.469 e. The summed E-state index contributed by atoms with van der Waals surface area (Å²) in [4.78, 5) is 40.3. The van der Waals surface area contributed by atoms with Crippen molar-refractivity contribution in [3.8, 4) is 11.3 Å². The van der Waals surface area contributed by atoms with Gasteiger partial charge in [0, 0.05) is 42.8 Å². The molecule has 1 aromatic carbocycles. The summed E-state index contributed by atoms with van der Waals surface area (Å²) >= 11 is 0. The molecule has 1 amide bonds. The molecule has 4 aromatic rings. The van der Waals surface area contributed by atoms with Gasteiger partial charge < -0.3 is 20.7 Å². The largest absolute Gasteiger partial charge is 0.469 e. The second kappa shape index (κ2) is 9.65. The zero-order valence-corrected chi connectivity index (χ0v) is 20.1. The standard InChI is InChI=1S/C26H27N7O3/c1-16-9-10-28-20(14-16)30-24(34)18-7-5-17(6-8-18)21-22-23(27)29-11-13-33(22)26(31-21)32-12-3-4-19(15-32)25(35)36-2/h5-11,13-14,19H,3-4,12,15H2,1-2H3,(H2,27,29)(H,28,30,34). The number of aryl methyl sites for hydroxylation is 1. The molecule has 0 saturated carbocycles. The predicted octanol–water partition coefficient (Wildman–Crippen LogP) is 3.32. The topological polar surface area (TPSA) is 128 Å². The summed E-state index contributed by atoms with van der Waals surface area (Å²) < 4.78 is 6.87. The van der Waals surface area contributed by atoms with Crippen molar-refractivity contribution < 1.29 is 14.3 Å². The second-order valence-corrected chi connectivity index (χ2v) is 8.85. The quantitative estimate of drug-likeness (QED) is 0.412. The van der Waals surface area contributed by atoms with Crippen molar-refractivity contribution in [1.82, 2.24) is 19.4 Å². The molecule has 184 valence electrons. The van der Waals surface area contributed by atoms with Gasteiger partial charge in [-0.1, -0.05) is 12.1 Å². The Morgan fingerprint density at radius 1 is 1.14 bits per heavy atom. The summed E-state index contributed by atoms with van der Waals surface area (Å²) in [5, 5.41) is 2.82. The van der Waals surface area contributed by atoms with Crippen LogP contribution in [0.3, 0.4) is 0 Å². The molecular formula is C26H27N7O3. The van der Waals surface area contributed by atoms with Gasteiger partial charge in [-0.05, 0) is 49.6 Å². The summed E-state index contributed by atoms with van der Waals surface area (Å²) in [5.74, 6) is 0.865. The number of nitrogens with two attached hydrogens (primary N) is 1. The van der Waals surface area contributed by atoms with Crippen molar-refractivity contribution in [3.63, 3.8) is 0 Å². The summed E-state index contributed by atoms with van der Waals surface area (Å²) in [6.07, 6.45) is 6.74. The van der Waals surface area contributed by atoms with Crippen LogP contribution >= 0.6 is 0 Å². The molecule has 0 aliphatic carbocycles. The molecule has 1 unspecified atom stereocenters. The number of imidazole rings is 1. The molecule has 1 aliphatic rings. The number of pyridine rings is 1. The maximum Gasteiger partial charge on any atom is 0.310 e. The Kier molecular flexibility index (Phi) is 6.24. The smallest absolute Gasteiger partial charge is 0.310 e. The number of hydrogen-bond acceptors (Lipinski definition) is 8. The first-order valence-electron chi connectivity index (χ1n) is 11.7. The minimum atomic E-state index is -0.251. The molecule has 10 heteroatoms. The second-order valence-electron chi connectivity index (χ2n) is 8.85. The summed E-state index contributed by atoms with van der Waals surface area (Å²) in [6.45, 7) is 3.22. The van der Waals surface area contributed by atoms with Crippen molar-refractivity contribution in [2.45, 2.75) is 19.8 Å². The van der Waals surface area contributed by atoms with Crippen molar-refractivity contribution in [3.05, 3.63) is 66.1 Å². The third-order valence-electron chi connectivity index (χ3n) is 6.38. The van der Waals surface area contributed by atoms with Gasteiger partial charge in [-0.15, -0.1) is 0 Å². The molecule has 0 radical (unpaired) electrons. The number of nitrogens with one attached hydrogen (secondary N) is 1. The molecule has 3 aromatic heterocycles. The molecule has 1 aliphatic heterocycles. The van der Waals surface area contributed by atoms with E-state index in [0.29, 0.717) is 40.9 Å². The number of carbonyl (C=O) groups is 2. The first kappa shape index (κ1) is 23.3. The van der Waals surface area contributed by atoms with Gasteiger partial charge in [0.2, 0.25) is 5.95 Å². The first-order valence-corrected chi connectivity index (χ1v) is 11.7. The van der Waals surface area contributed by atoms with Gasteiger partial charge in [0.25, 0.3) is 5.91 Å². The lowest BCUT2D eigenvalue weighted by Gasteiger charge is -2.31. The monoisotopic (exact) mass is 485 g/mol. The molecule has 3 N–H and O–H groups in total. The van der Waals surface area contributed by atoms with E-state index in [0.717, 1.165) is 30.5 Å². The van der Waals surface area contributed by atoms with E-state index in [4.69, 9.17) is 15.5 Å². The number of rotatable bonds is 5. The molecule has 36 heavy (non-hydrogen) atoms. The minimum absolute atomic E-state index is 0.209. The zero-order valence-electron chi connectivity index (χ0n) is 20.1. The summed E-state index contributed by atoms with van der Waals surface area (Å²) in [7, 11) is 1.41. The van der Waals surface area contributed by atoms with Crippen LogP contribution in [0.25, 0.3) is 16.8 Å². The number of nitrogen functional groups attached to an aromatic ring is 1. The number of hydrogen-bond donors (Lipinski definition) is 2. The van der Waals surface area contributed by atoms with Crippen molar-refractivity contribution in [2.75, 3.05) is 36.1 Å². The van der Waals surface area contributed by atoms with Gasteiger partial charge >= 0.3 is 5.97 Å². The highest BCUT2D eigenvalue weighted by Gasteiger charge is 2.29. The average Bonchev–Trinajstić information content (AvgIpc) is 3.29. The number of amides is 1. The van der Waals surface area contributed by atoms with Gasteiger partial charge in [0.05, 0.1) is 13.0 Å². The molecule has 0 spiro atoms. The van der Waals surface area contributed by atoms with E-state index in [1.807, 2.05) is 41.8 Å². The third kappa shape index (κ3) is 4.45. The molecule has 5 rings (SSSR count). The van der Waals surface area contributed by atoms with Crippen LogP contribution in [0.5, 0.6) is 0 Å². The van der Waals surface area contributed by atoms with Gasteiger partial charge in [0.15, 0.2) is 0 Å². The Bertz CT molecular complexity index is 1430. The lowest BCUT2D eigenvalue weighted by Crippen LogP contribution is -2.40. The van der Waals surface area contributed by atoms with E-state index in [2.05, 4.69) is 20.2 Å². The number of ether oxygens (including phenoxy) is 1. The van der Waals surface area contributed by atoms with E-state index in [1.54, 1.807) is 24.5 Å². The number of aromatic nitrogens is 4. The predicted molar refractivity (Wildman–Crippen MR) is 137 cm³/mol. The van der Waals surface area contributed by atoms with E-state index in [-0.39, 0.29) is 17.8 Å². The van der Waals surface area contributed by atoms with E-state index < -0.39 is 0 Å². The molecule has 0 bridgehead atoms. The number of methoxy groups -OCH3 is 1. The number of carbonyl (C=O) groups excluding carboxylic acids is 2. The van der Waals surface area contributed by atoms with Crippen LogP contribution in [0, 0.1) is 12.8 Å². The van der Waals surface area contributed by atoms with Crippen LogP contribution in [0.4, 0.5) is 17.6 Å². The van der Waals surface area contributed by atoms with Crippen LogP contribution in [-0.2, 0) is 9.53 Å². The number of piperidine rings is 1. The van der Waals surface area contributed by atoms with E-state index in [1.165, 1.54) is 7.11 Å². The molecular weight excluding hydrogens is 458 g/mol. The Morgan fingerprint density at radius 2 is 1.94 bits per heavy atom. The first-order chi connectivity index (χ1) is 17.4. The Morgan fingerprint density at radius 3 is 2.69 bits per heavy atom. The van der Waals surface area contributed by atoms with Crippen LogP contribution in [0.1, 0.15) is 28.8 Å². The third-order valence-corrected chi connectivity index (χ3v) is 6.38. The Labute approximate surface area is 208 Å². The number of benzene rings is 1. The molecule has 10 nitrogen and oxygen atoms in total. The zero-order chi connectivity index (χ0) is 25.2.